The molecule has 2 heterocycles. The maximum absolute atomic E-state index is 12.2. The van der Waals surface area contributed by atoms with Gasteiger partial charge >= 0.3 is 0 Å². The van der Waals surface area contributed by atoms with Crippen molar-refractivity contribution in [3.63, 3.8) is 0 Å². The van der Waals surface area contributed by atoms with Crippen LogP contribution in [0.25, 0.3) is 11.0 Å². The van der Waals surface area contributed by atoms with Crippen LogP contribution in [-0.4, -0.2) is 33.0 Å². The van der Waals surface area contributed by atoms with Crippen molar-refractivity contribution in [2.24, 2.45) is 7.05 Å². The van der Waals surface area contributed by atoms with E-state index in [0.29, 0.717) is 18.2 Å². The van der Waals surface area contributed by atoms with Crippen LogP contribution in [0.15, 0.2) is 42.6 Å². The van der Waals surface area contributed by atoms with Crippen molar-refractivity contribution in [1.29, 1.82) is 0 Å². The minimum Gasteiger partial charge on any atom is -0.367 e. The van der Waals surface area contributed by atoms with E-state index in [2.05, 4.69) is 31.2 Å². The van der Waals surface area contributed by atoms with Crippen molar-refractivity contribution >= 4 is 22.8 Å². The maximum Gasteiger partial charge on any atom is 0.252 e. The number of fused-ring (bicyclic) bond motifs is 1. The molecule has 1 saturated carbocycles. The van der Waals surface area contributed by atoms with Gasteiger partial charge in [-0.05, 0) is 43.5 Å². The van der Waals surface area contributed by atoms with E-state index in [4.69, 9.17) is 0 Å². The van der Waals surface area contributed by atoms with Crippen LogP contribution in [0, 0.1) is 0 Å². The molecule has 1 aliphatic carbocycles. The molecule has 0 aliphatic heterocycles. The number of rotatable bonds is 7. The van der Waals surface area contributed by atoms with E-state index in [0.717, 1.165) is 35.5 Å². The second-order valence-corrected chi connectivity index (χ2v) is 6.79. The Labute approximate surface area is 152 Å². The minimum absolute atomic E-state index is 0.0829. The lowest BCUT2D eigenvalue weighted by atomic mass is 10.2. The highest BCUT2D eigenvalue weighted by molar-refractivity contribution is 5.94. The second kappa shape index (κ2) is 7.15. The smallest absolute Gasteiger partial charge is 0.252 e. The van der Waals surface area contributed by atoms with Gasteiger partial charge in [0.05, 0.1) is 16.6 Å². The molecular formula is C20H23N5O. The van der Waals surface area contributed by atoms with Gasteiger partial charge in [-0.1, -0.05) is 12.1 Å². The molecule has 1 fully saturated rings. The number of anilines is 1. The summed E-state index contributed by atoms with van der Waals surface area (Å²) in [7, 11) is 2.03. The molecular weight excluding hydrogens is 326 g/mol. The molecule has 4 rings (SSSR count). The molecule has 0 saturated heterocycles. The van der Waals surface area contributed by atoms with Gasteiger partial charge in [-0.15, -0.1) is 0 Å². The molecule has 2 aromatic heterocycles. The van der Waals surface area contributed by atoms with E-state index in [9.17, 15) is 4.79 Å². The molecule has 1 aliphatic rings. The number of carbonyl (C=O) groups excluding carboxylic acids is 1. The molecule has 1 amide bonds. The Morgan fingerprint density at radius 1 is 1.23 bits per heavy atom. The quantitative estimate of drug-likeness (QED) is 0.644. The van der Waals surface area contributed by atoms with Crippen molar-refractivity contribution in [1.82, 2.24) is 19.9 Å². The Balaban J connectivity index is 1.27. The van der Waals surface area contributed by atoms with Gasteiger partial charge in [-0.3, -0.25) is 4.79 Å². The molecule has 0 radical (unpaired) electrons. The Morgan fingerprint density at radius 2 is 2.08 bits per heavy atom. The van der Waals surface area contributed by atoms with E-state index >= 15 is 0 Å². The highest BCUT2D eigenvalue weighted by Gasteiger charge is 2.21. The number of hydrogen-bond donors (Lipinski definition) is 2. The standard InChI is InChI=1S/C20H23N5O/c1-25-17-6-3-2-5-16(17)24-19(25)7-4-12-21-20(26)14-8-11-18(22-13-14)23-15-9-10-15/h2-3,5-6,8,11,13,15H,4,7,9-10,12H2,1H3,(H,21,26)(H,22,23). The van der Waals surface area contributed by atoms with E-state index in [1.54, 1.807) is 6.20 Å². The number of aromatic nitrogens is 3. The molecule has 0 bridgehead atoms. The van der Waals surface area contributed by atoms with Crippen LogP contribution in [0.1, 0.15) is 35.4 Å². The summed E-state index contributed by atoms with van der Waals surface area (Å²) in [6.45, 7) is 0.615. The van der Waals surface area contributed by atoms with Crippen LogP contribution < -0.4 is 10.6 Å². The zero-order chi connectivity index (χ0) is 17.9. The first-order valence-electron chi connectivity index (χ1n) is 9.12. The number of benzene rings is 1. The number of imidazole rings is 1. The van der Waals surface area contributed by atoms with E-state index in [1.807, 2.05) is 37.4 Å². The monoisotopic (exact) mass is 349 g/mol. The number of hydrogen-bond acceptors (Lipinski definition) is 4. The lowest BCUT2D eigenvalue weighted by molar-refractivity contribution is 0.0953. The molecule has 6 heteroatoms. The molecule has 6 nitrogen and oxygen atoms in total. The highest BCUT2D eigenvalue weighted by Crippen LogP contribution is 2.23. The summed E-state index contributed by atoms with van der Waals surface area (Å²) < 4.78 is 2.12. The van der Waals surface area contributed by atoms with E-state index in [1.165, 1.54) is 12.8 Å². The number of amides is 1. The summed E-state index contributed by atoms with van der Waals surface area (Å²) in [6, 6.07) is 12.4. The van der Waals surface area contributed by atoms with Crippen molar-refractivity contribution in [3.8, 4) is 0 Å². The summed E-state index contributed by atoms with van der Waals surface area (Å²) in [4.78, 5) is 21.2. The predicted molar refractivity (Wildman–Crippen MR) is 102 cm³/mol. The van der Waals surface area contributed by atoms with E-state index < -0.39 is 0 Å². The number of para-hydroxylation sites is 2. The van der Waals surface area contributed by atoms with Gasteiger partial charge in [-0.2, -0.15) is 0 Å². The van der Waals surface area contributed by atoms with Crippen LogP contribution in [0.4, 0.5) is 5.82 Å². The number of aryl methyl sites for hydroxylation is 2. The maximum atomic E-state index is 12.2. The molecule has 0 spiro atoms. The van der Waals surface area contributed by atoms with Crippen molar-refractivity contribution in [2.75, 3.05) is 11.9 Å². The molecule has 0 unspecified atom stereocenters. The van der Waals surface area contributed by atoms with Crippen LogP contribution in [0.2, 0.25) is 0 Å². The molecule has 1 aromatic carbocycles. The minimum atomic E-state index is -0.0829. The lowest BCUT2D eigenvalue weighted by Gasteiger charge is -2.07. The predicted octanol–water partition coefficient (Wildman–Crippen LogP) is 2.91. The summed E-state index contributed by atoms with van der Waals surface area (Å²) in [5.74, 6) is 1.80. The first-order chi connectivity index (χ1) is 12.7. The van der Waals surface area contributed by atoms with Crippen LogP contribution in [-0.2, 0) is 13.5 Å². The number of pyridine rings is 1. The van der Waals surface area contributed by atoms with Gasteiger partial charge < -0.3 is 15.2 Å². The van der Waals surface area contributed by atoms with Crippen LogP contribution in [0.5, 0.6) is 0 Å². The van der Waals surface area contributed by atoms with Crippen LogP contribution in [0.3, 0.4) is 0 Å². The zero-order valence-electron chi connectivity index (χ0n) is 14.9. The second-order valence-electron chi connectivity index (χ2n) is 6.79. The van der Waals surface area contributed by atoms with Gasteiger partial charge in [-0.25, -0.2) is 9.97 Å². The number of carbonyl (C=O) groups is 1. The van der Waals surface area contributed by atoms with Crippen LogP contribution >= 0.6 is 0 Å². The topological polar surface area (TPSA) is 71.8 Å². The summed E-state index contributed by atoms with van der Waals surface area (Å²) in [5, 5.41) is 6.28. The first kappa shape index (κ1) is 16.6. The molecule has 2 N–H and O–H groups in total. The Bertz CT molecular complexity index is 912. The summed E-state index contributed by atoms with van der Waals surface area (Å²) in [6.07, 6.45) is 5.71. The van der Waals surface area contributed by atoms with Gasteiger partial charge in [0.2, 0.25) is 0 Å². The SMILES string of the molecule is Cn1c(CCCNC(=O)c2ccc(NC3CC3)nc2)nc2ccccc21. The van der Waals surface area contributed by atoms with Crippen molar-refractivity contribution in [2.45, 2.75) is 31.7 Å². The largest absolute Gasteiger partial charge is 0.367 e. The highest BCUT2D eigenvalue weighted by atomic mass is 16.1. The fraction of sp³-hybridized carbons (Fsp3) is 0.350. The first-order valence-corrected chi connectivity index (χ1v) is 9.12. The third-order valence-electron chi connectivity index (χ3n) is 4.70. The Kier molecular flexibility index (Phi) is 4.56. The summed E-state index contributed by atoms with van der Waals surface area (Å²) in [5.41, 5.74) is 2.74. The molecule has 3 aromatic rings. The molecule has 26 heavy (non-hydrogen) atoms. The average molecular weight is 349 g/mol. The third kappa shape index (κ3) is 3.69. The molecule has 0 atom stereocenters. The van der Waals surface area contributed by atoms with Crippen molar-refractivity contribution < 1.29 is 4.79 Å². The molecule has 134 valence electrons. The Morgan fingerprint density at radius 3 is 2.81 bits per heavy atom. The number of nitrogens with one attached hydrogen (secondary N) is 2. The zero-order valence-corrected chi connectivity index (χ0v) is 14.9. The van der Waals surface area contributed by atoms with Gasteiger partial charge in [0, 0.05) is 32.3 Å². The summed E-state index contributed by atoms with van der Waals surface area (Å²) >= 11 is 0. The van der Waals surface area contributed by atoms with Gasteiger partial charge in [0.15, 0.2) is 0 Å². The van der Waals surface area contributed by atoms with Crippen molar-refractivity contribution in [3.05, 3.63) is 54.0 Å². The average Bonchev–Trinajstić information content (AvgIpc) is 3.42. The van der Waals surface area contributed by atoms with E-state index in [-0.39, 0.29) is 5.91 Å². The normalized spacial score (nSPS) is 13.7. The number of nitrogens with zero attached hydrogens (tertiary/aromatic N) is 3. The van der Waals surface area contributed by atoms with Gasteiger partial charge in [0.25, 0.3) is 5.91 Å². The lowest BCUT2D eigenvalue weighted by Crippen LogP contribution is -2.25. The van der Waals surface area contributed by atoms with Gasteiger partial charge in [0.1, 0.15) is 11.6 Å². The fourth-order valence-corrected chi connectivity index (χ4v) is 3.02. The Hall–Kier alpha value is -2.89. The fourth-order valence-electron chi connectivity index (χ4n) is 3.02. The third-order valence-corrected chi connectivity index (χ3v) is 4.70.